The molecule has 0 unspecified atom stereocenters. The number of nitrogens with one attached hydrogen (secondary N) is 1. The molecule has 2 aliphatic rings. The highest BCUT2D eigenvalue weighted by Crippen LogP contribution is 2.34. The van der Waals surface area contributed by atoms with Gasteiger partial charge in [-0.1, -0.05) is 0 Å². The third-order valence-corrected chi connectivity index (χ3v) is 4.37. The first-order valence-electron chi connectivity index (χ1n) is 7.97. The van der Waals surface area contributed by atoms with E-state index >= 15 is 0 Å². The van der Waals surface area contributed by atoms with Crippen LogP contribution in [0, 0.1) is 6.92 Å². The minimum absolute atomic E-state index is 0.129. The molecule has 2 aliphatic heterocycles. The van der Waals surface area contributed by atoms with Crippen molar-refractivity contribution in [1.29, 1.82) is 0 Å². The molecule has 0 spiro atoms. The molecule has 1 N–H and O–H groups in total. The van der Waals surface area contributed by atoms with Crippen LogP contribution in [-0.2, 0) is 11.3 Å². The van der Waals surface area contributed by atoms with Crippen molar-refractivity contribution in [2.24, 2.45) is 0 Å². The number of nitrogens with zero attached hydrogens (tertiary/aromatic N) is 3. The summed E-state index contributed by atoms with van der Waals surface area (Å²) in [6.45, 7) is 6.56. The van der Waals surface area contributed by atoms with Gasteiger partial charge in [-0.25, -0.2) is 4.98 Å². The second-order valence-electron chi connectivity index (χ2n) is 5.86. The molecule has 0 atom stereocenters. The minimum Gasteiger partial charge on any atom is -0.486 e. The van der Waals surface area contributed by atoms with Gasteiger partial charge in [0.1, 0.15) is 25.6 Å². The van der Waals surface area contributed by atoms with E-state index in [4.69, 9.17) is 9.47 Å². The van der Waals surface area contributed by atoms with Crippen molar-refractivity contribution in [3.63, 3.8) is 0 Å². The zero-order chi connectivity index (χ0) is 15.8. The summed E-state index contributed by atoms with van der Waals surface area (Å²) in [6, 6.07) is 3.82. The highest BCUT2D eigenvalue weighted by atomic mass is 16.6. The number of imidazole rings is 1. The van der Waals surface area contributed by atoms with Crippen LogP contribution in [0.4, 0.5) is 0 Å². The molecule has 2 aromatic rings. The summed E-state index contributed by atoms with van der Waals surface area (Å²) >= 11 is 0. The number of benzene rings is 1. The van der Waals surface area contributed by atoms with Crippen molar-refractivity contribution in [2.45, 2.75) is 13.5 Å². The number of carbonyl (C=O) groups excluding carboxylic acids is 1. The molecule has 7 heteroatoms. The van der Waals surface area contributed by atoms with Crippen LogP contribution in [0.15, 0.2) is 12.1 Å². The first-order valence-corrected chi connectivity index (χ1v) is 7.97. The normalized spacial score (nSPS) is 17.5. The Morgan fingerprint density at radius 3 is 2.65 bits per heavy atom. The van der Waals surface area contributed by atoms with E-state index in [0.29, 0.717) is 19.8 Å². The van der Waals surface area contributed by atoms with Crippen LogP contribution < -0.4 is 14.8 Å². The quantitative estimate of drug-likeness (QED) is 0.876. The number of ether oxygens (including phenoxy) is 2. The highest BCUT2D eigenvalue weighted by molar-refractivity contribution is 5.84. The topological polar surface area (TPSA) is 68.6 Å². The molecule has 0 radical (unpaired) electrons. The summed E-state index contributed by atoms with van der Waals surface area (Å²) < 4.78 is 13.2. The van der Waals surface area contributed by atoms with Gasteiger partial charge in [-0.15, -0.1) is 0 Å². The Hall–Kier alpha value is -2.28. The molecular formula is C16H20N4O3. The van der Waals surface area contributed by atoms with Gasteiger partial charge in [-0.05, 0) is 6.92 Å². The first-order chi connectivity index (χ1) is 11.2. The largest absolute Gasteiger partial charge is 0.486 e. The fourth-order valence-corrected chi connectivity index (χ4v) is 3.13. The molecule has 1 aromatic carbocycles. The van der Waals surface area contributed by atoms with E-state index in [1.807, 2.05) is 28.5 Å². The molecule has 0 aliphatic carbocycles. The van der Waals surface area contributed by atoms with Gasteiger partial charge in [0.05, 0.1) is 11.0 Å². The van der Waals surface area contributed by atoms with Crippen molar-refractivity contribution in [3.8, 4) is 11.5 Å². The molecule has 0 bridgehead atoms. The zero-order valence-corrected chi connectivity index (χ0v) is 13.2. The van der Waals surface area contributed by atoms with E-state index in [0.717, 1.165) is 54.5 Å². The van der Waals surface area contributed by atoms with Gasteiger partial charge >= 0.3 is 0 Å². The van der Waals surface area contributed by atoms with Crippen LogP contribution in [0.2, 0.25) is 0 Å². The summed E-state index contributed by atoms with van der Waals surface area (Å²) in [6.07, 6.45) is 0. The molecule has 1 fully saturated rings. The number of rotatable bonds is 2. The Morgan fingerprint density at radius 2 is 1.91 bits per heavy atom. The third-order valence-electron chi connectivity index (χ3n) is 4.37. The van der Waals surface area contributed by atoms with Gasteiger partial charge in [-0.2, -0.15) is 0 Å². The maximum Gasteiger partial charge on any atom is 0.242 e. The second-order valence-corrected chi connectivity index (χ2v) is 5.86. The number of carbonyl (C=O) groups is 1. The fourth-order valence-electron chi connectivity index (χ4n) is 3.13. The maximum absolute atomic E-state index is 12.5. The van der Waals surface area contributed by atoms with E-state index in [1.54, 1.807) is 0 Å². The fraction of sp³-hybridized carbons (Fsp3) is 0.500. The maximum atomic E-state index is 12.5. The minimum atomic E-state index is 0.129. The van der Waals surface area contributed by atoms with E-state index in [2.05, 4.69) is 10.3 Å². The van der Waals surface area contributed by atoms with Crippen LogP contribution >= 0.6 is 0 Å². The number of aryl methyl sites for hydroxylation is 1. The smallest absolute Gasteiger partial charge is 0.242 e. The van der Waals surface area contributed by atoms with Gasteiger partial charge in [0.25, 0.3) is 0 Å². The highest BCUT2D eigenvalue weighted by Gasteiger charge is 2.21. The lowest BCUT2D eigenvalue weighted by Crippen LogP contribution is -2.47. The van der Waals surface area contributed by atoms with Crippen molar-refractivity contribution >= 4 is 16.9 Å². The lowest BCUT2D eigenvalue weighted by Gasteiger charge is -2.27. The average Bonchev–Trinajstić information content (AvgIpc) is 2.88. The number of fused-ring (bicyclic) bond motifs is 2. The summed E-state index contributed by atoms with van der Waals surface area (Å²) in [5, 5.41) is 3.26. The number of aromatic nitrogens is 2. The van der Waals surface area contributed by atoms with Gasteiger partial charge in [-0.3, -0.25) is 4.79 Å². The molecule has 4 rings (SSSR count). The van der Waals surface area contributed by atoms with Gasteiger partial charge in [0, 0.05) is 38.3 Å². The van der Waals surface area contributed by atoms with Crippen LogP contribution in [-0.4, -0.2) is 59.8 Å². The van der Waals surface area contributed by atoms with Crippen molar-refractivity contribution < 1.29 is 14.3 Å². The van der Waals surface area contributed by atoms with Crippen LogP contribution in [0.25, 0.3) is 11.0 Å². The monoisotopic (exact) mass is 316 g/mol. The Kier molecular flexibility index (Phi) is 3.57. The molecule has 1 saturated heterocycles. The predicted octanol–water partition coefficient (Wildman–Crippen LogP) is 0.548. The molecule has 7 nitrogen and oxygen atoms in total. The average molecular weight is 316 g/mol. The lowest BCUT2D eigenvalue weighted by atomic mass is 10.2. The molecule has 122 valence electrons. The van der Waals surface area contributed by atoms with E-state index in [1.165, 1.54) is 0 Å². The lowest BCUT2D eigenvalue weighted by molar-refractivity contribution is -0.132. The van der Waals surface area contributed by atoms with Crippen LogP contribution in [0.3, 0.4) is 0 Å². The zero-order valence-electron chi connectivity index (χ0n) is 13.2. The van der Waals surface area contributed by atoms with Crippen LogP contribution in [0.1, 0.15) is 5.82 Å². The SMILES string of the molecule is Cc1nc2cc3c(cc2n1CC(=O)N1CCNCC1)OCCO3. The molecule has 0 saturated carbocycles. The standard InChI is InChI=1S/C16H20N4O3/c1-11-18-12-8-14-15(23-7-6-22-14)9-13(12)20(11)10-16(21)19-4-2-17-3-5-19/h8-9,17H,2-7,10H2,1H3. The van der Waals surface area contributed by atoms with Crippen molar-refractivity contribution in [3.05, 3.63) is 18.0 Å². The Labute approximate surface area is 134 Å². The molecule has 1 amide bonds. The summed E-state index contributed by atoms with van der Waals surface area (Å²) in [7, 11) is 0. The number of amides is 1. The van der Waals surface area contributed by atoms with E-state index in [-0.39, 0.29) is 5.91 Å². The van der Waals surface area contributed by atoms with Crippen molar-refractivity contribution in [2.75, 3.05) is 39.4 Å². The summed E-state index contributed by atoms with van der Waals surface area (Å²) in [5.74, 6) is 2.40. The first kappa shape index (κ1) is 14.3. The molecular weight excluding hydrogens is 296 g/mol. The second kappa shape index (κ2) is 5.73. The Bertz CT molecular complexity index is 749. The summed E-state index contributed by atoms with van der Waals surface area (Å²) in [4.78, 5) is 19.0. The van der Waals surface area contributed by atoms with Crippen molar-refractivity contribution in [1.82, 2.24) is 19.8 Å². The van der Waals surface area contributed by atoms with Crippen LogP contribution in [0.5, 0.6) is 11.5 Å². The van der Waals surface area contributed by atoms with Gasteiger partial charge < -0.3 is 24.3 Å². The van der Waals surface area contributed by atoms with Gasteiger partial charge in [0.2, 0.25) is 5.91 Å². The predicted molar refractivity (Wildman–Crippen MR) is 84.9 cm³/mol. The number of piperazine rings is 1. The Balaban J connectivity index is 1.66. The number of hydrogen-bond acceptors (Lipinski definition) is 5. The third kappa shape index (κ3) is 2.61. The van der Waals surface area contributed by atoms with Gasteiger partial charge in [0.15, 0.2) is 11.5 Å². The van der Waals surface area contributed by atoms with E-state index in [9.17, 15) is 4.79 Å². The Morgan fingerprint density at radius 1 is 1.22 bits per heavy atom. The molecule has 1 aromatic heterocycles. The summed E-state index contributed by atoms with van der Waals surface area (Å²) in [5.41, 5.74) is 1.75. The molecule has 3 heterocycles. The number of hydrogen-bond donors (Lipinski definition) is 1. The van der Waals surface area contributed by atoms with E-state index < -0.39 is 0 Å². The molecule has 23 heavy (non-hydrogen) atoms.